The Morgan fingerprint density at radius 3 is 2.78 bits per heavy atom. The molecule has 0 atom stereocenters. The molecule has 2 aliphatic rings. The van der Waals surface area contributed by atoms with Gasteiger partial charge in [0.05, 0.1) is 29.8 Å². The van der Waals surface area contributed by atoms with Crippen LogP contribution in [-0.2, 0) is 17.3 Å². The van der Waals surface area contributed by atoms with E-state index in [0.717, 1.165) is 31.2 Å². The largest absolute Gasteiger partial charge is 0.416 e. The van der Waals surface area contributed by atoms with Crippen molar-refractivity contribution in [3.8, 4) is 0 Å². The lowest BCUT2D eigenvalue weighted by Gasteiger charge is -2.24. The van der Waals surface area contributed by atoms with Gasteiger partial charge in [0.1, 0.15) is 0 Å². The molecule has 6 nitrogen and oxygen atoms in total. The van der Waals surface area contributed by atoms with E-state index in [-0.39, 0.29) is 30.4 Å². The second-order valence-electron chi connectivity index (χ2n) is 6.66. The van der Waals surface area contributed by atoms with Crippen molar-refractivity contribution in [2.75, 3.05) is 13.2 Å². The van der Waals surface area contributed by atoms with E-state index in [0.29, 0.717) is 30.3 Å². The SMILES string of the molecule is O=C1CC(Cc2cc(C(F)(F)F)ccn2)=Nc2c1cnn2C1CCOCC1. The number of nitrogens with zero attached hydrogens (tertiary/aromatic N) is 4. The van der Waals surface area contributed by atoms with Crippen molar-refractivity contribution in [2.45, 2.75) is 37.9 Å². The number of carbonyl (C=O) groups excluding carboxylic acids is 1. The summed E-state index contributed by atoms with van der Waals surface area (Å²) in [7, 11) is 0. The first-order valence-corrected chi connectivity index (χ1v) is 8.69. The standard InChI is InChI=1S/C18H17F3N4O2/c19-18(20,21)11-1-4-22-12(7-11)8-13-9-16(26)15-10-23-25(17(15)24-13)14-2-5-27-6-3-14/h1,4,7,10,14H,2-3,5-6,8-9H2. The molecular weight excluding hydrogens is 361 g/mol. The molecule has 0 unspecified atom stereocenters. The second-order valence-corrected chi connectivity index (χ2v) is 6.66. The number of Topliss-reactive ketones (excluding diaryl/α,β-unsaturated/α-hetero) is 1. The van der Waals surface area contributed by atoms with Crippen LogP contribution < -0.4 is 0 Å². The summed E-state index contributed by atoms with van der Waals surface area (Å²) in [5.74, 6) is 0.361. The molecule has 142 valence electrons. The highest BCUT2D eigenvalue weighted by Crippen LogP contribution is 2.33. The Kier molecular flexibility index (Phi) is 4.55. The third-order valence-corrected chi connectivity index (χ3v) is 4.76. The van der Waals surface area contributed by atoms with Crippen LogP contribution in [0.1, 0.15) is 46.9 Å². The van der Waals surface area contributed by atoms with E-state index in [9.17, 15) is 18.0 Å². The Balaban J connectivity index is 1.62. The van der Waals surface area contributed by atoms with E-state index in [1.54, 1.807) is 4.68 Å². The van der Waals surface area contributed by atoms with Crippen molar-refractivity contribution >= 4 is 17.3 Å². The maximum absolute atomic E-state index is 12.9. The molecule has 4 rings (SSSR count). The van der Waals surface area contributed by atoms with Crippen LogP contribution in [0.3, 0.4) is 0 Å². The highest BCUT2D eigenvalue weighted by molar-refractivity contribution is 6.15. The van der Waals surface area contributed by atoms with E-state index >= 15 is 0 Å². The molecule has 0 aromatic carbocycles. The quantitative estimate of drug-likeness (QED) is 0.819. The van der Waals surface area contributed by atoms with Crippen molar-refractivity contribution in [2.24, 2.45) is 4.99 Å². The zero-order chi connectivity index (χ0) is 19.0. The normalized spacial score (nSPS) is 18.3. The van der Waals surface area contributed by atoms with Crippen molar-refractivity contribution in [1.82, 2.24) is 14.8 Å². The van der Waals surface area contributed by atoms with Gasteiger partial charge < -0.3 is 4.74 Å². The molecule has 1 fully saturated rings. The minimum atomic E-state index is -4.43. The van der Waals surface area contributed by atoms with Crippen molar-refractivity contribution < 1.29 is 22.7 Å². The lowest BCUT2D eigenvalue weighted by atomic mass is 10.0. The van der Waals surface area contributed by atoms with Crippen LogP contribution in [0.25, 0.3) is 0 Å². The maximum Gasteiger partial charge on any atom is 0.416 e. The number of ketones is 1. The average Bonchev–Trinajstić information content (AvgIpc) is 3.06. The van der Waals surface area contributed by atoms with Gasteiger partial charge in [0.2, 0.25) is 0 Å². The number of carbonyl (C=O) groups is 1. The van der Waals surface area contributed by atoms with Crippen LogP contribution >= 0.6 is 0 Å². The third kappa shape index (κ3) is 3.64. The van der Waals surface area contributed by atoms with E-state index < -0.39 is 11.7 Å². The molecule has 0 bridgehead atoms. The lowest BCUT2D eigenvalue weighted by Crippen LogP contribution is -2.22. The molecule has 9 heteroatoms. The van der Waals surface area contributed by atoms with Crippen molar-refractivity contribution in [3.05, 3.63) is 41.3 Å². The Morgan fingerprint density at radius 1 is 1.26 bits per heavy atom. The number of rotatable bonds is 3. The Hall–Kier alpha value is -2.55. The molecule has 0 saturated carbocycles. The summed E-state index contributed by atoms with van der Waals surface area (Å²) in [5, 5.41) is 4.33. The Morgan fingerprint density at radius 2 is 2.04 bits per heavy atom. The number of hydrogen-bond acceptors (Lipinski definition) is 5. The van der Waals surface area contributed by atoms with Crippen LogP contribution in [0, 0.1) is 0 Å². The third-order valence-electron chi connectivity index (χ3n) is 4.76. The van der Waals surface area contributed by atoms with Gasteiger partial charge >= 0.3 is 6.18 Å². The summed E-state index contributed by atoms with van der Waals surface area (Å²) in [4.78, 5) is 21.0. The van der Waals surface area contributed by atoms with Gasteiger partial charge in [-0.2, -0.15) is 18.3 Å². The molecule has 0 aliphatic carbocycles. The van der Waals surface area contributed by atoms with Crippen LogP contribution in [0.15, 0.2) is 29.5 Å². The average molecular weight is 378 g/mol. The first kappa shape index (κ1) is 17.8. The molecular formula is C18H17F3N4O2. The van der Waals surface area contributed by atoms with E-state index in [4.69, 9.17) is 4.74 Å². The molecule has 0 N–H and O–H groups in total. The number of alkyl halides is 3. The van der Waals surface area contributed by atoms with Crippen LogP contribution in [0.2, 0.25) is 0 Å². The van der Waals surface area contributed by atoms with Crippen LogP contribution in [0.4, 0.5) is 19.0 Å². The van der Waals surface area contributed by atoms with E-state index in [2.05, 4.69) is 15.1 Å². The van der Waals surface area contributed by atoms with Gasteiger partial charge in [0.15, 0.2) is 11.6 Å². The molecule has 0 amide bonds. The van der Waals surface area contributed by atoms with E-state index in [1.807, 2.05) is 0 Å². The first-order valence-electron chi connectivity index (χ1n) is 8.69. The monoisotopic (exact) mass is 378 g/mol. The number of ether oxygens (including phenoxy) is 1. The summed E-state index contributed by atoms with van der Waals surface area (Å²) in [6, 6.07) is 2.03. The summed E-state index contributed by atoms with van der Waals surface area (Å²) >= 11 is 0. The minimum Gasteiger partial charge on any atom is -0.381 e. The van der Waals surface area contributed by atoms with Gasteiger partial charge in [0.25, 0.3) is 0 Å². The zero-order valence-corrected chi connectivity index (χ0v) is 14.4. The van der Waals surface area contributed by atoms with Crippen LogP contribution in [-0.4, -0.2) is 39.5 Å². The van der Waals surface area contributed by atoms with Gasteiger partial charge in [-0.3, -0.25) is 9.78 Å². The molecule has 1 saturated heterocycles. The smallest absolute Gasteiger partial charge is 0.381 e. The highest BCUT2D eigenvalue weighted by atomic mass is 19.4. The van der Waals surface area contributed by atoms with Gasteiger partial charge in [-0.15, -0.1) is 0 Å². The topological polar surface area (TPSA) is 69.4 Å². The zero-order valence-electron chi connectivity index (χ0n) is 14.4. The van der Waals surface area contributed by atoms with E-state index in [1.165, 1.54) is 6.20 Å². The molecule has 2 aromatic heterocycles. The van der Waals surface area contributed by atoms with Gasteiger partial charge in [-0.05, 0) is 25.0 Å². The predicted molar refractivity (Wildman–Crippen MR) is 90.3 cm³/mol. The number of fused-ring (bicyclic) bond motifs is 1. The molecule has 2 aromatic rings. The first-order chi connectivity index (χ1) is 12.9. The minimum absolute atomic E-state index is 0.0599. The van der Waals surface area contributed by atoms with Gasteiger partial charge in [0, 0.05) is 37.2 Å². The molecule has 27 heavy (non-hydrogen) atoms. The van der Waals surface area contributed by atoms with Crippen molar-refractivity contribution in [1.29, 1.82) is 0 Å². The predicted octanol–water partition coefficient (Wildman–Crippen LogP) is 3.55. The summed E-state index contributed by atoms with van der Waals surface area (Å²) in [5.41, 5.74) is 0.426. The Labute approximate surface area is 153 Å². The number of halogens is 3. The number of aromatic nitrogens is 3. The molecule has 0 radical (unpaired) electrons. The summed E-state index contributed by atoms with van der Waals surface area (Å²) < 4.78 is 45.8. The fourth-order valence-corrected chi connectivity index (χ4v) is 3.39. The van der Waals surface area contributed by atoms with Crippen molar-refractivity contribution in [3.63, 3.8) is 0 Å². The Bertz CT molecular complexity index is 898. The second kappa shape index (κ2) is 6.88. The summed E-state index contributed by atoms with van der Waals surface area (Å²) in [6.45, 7) is 1.25. The summed E-state index contributed by atoms with van der Waals surface area (Å²) in [6.07, 6.45) is -0.0725. The fourth-order valence-electron chi connectivity index (χ4n) is 3.39. The van der Waals surface area contributed by atoms with Gasteiger partial charge in [-0.25, -0.2) is 9.67 Å². The van der Waals surface area contributed by atoms with Crippen LogP contribution in [0.5, 0.6) is 0 Å². The van der Waals surface area contributed by atoms with Gasteiger partial charge in [-0.1, -0.05) is 0 Å². The number of aliphatic imine (C=N–C) groups is 1. The number of hydrogen-bond donors (Lipinski definition) is 0. The fraction of sp³-hybridized carbons (Fsp3) is 0.444. The number of pyridine rings is 1. The molecule has 0 spiro atoms. The lowest BCUT2D eigenvalue weighted by molar-refractivity contribution is -0.137. The molecule has 2 aliphatic heterocycles. The highest BCUT2D eigenvalue weighted by Gasteiger charge is 2.31. The maximum atomic E-state index is 12.9. The molecule has 4 heterocycles.